The fraction of sp³-hybridized carbons (Fsp3) is 0.333. The van der Waals surface area contributed by atoms with Crippen LogP contribution in [0.25, 0.3) is 11.1 Å². The van der Waals surface area contributed by atoms with E-state index in [1.54, 1.807) is 0 Å². The molecule has 2 aromatic carbocycles. The summed E-state index contributed by atoms with van der Waals surface area (Å²) in [7, 11) is 4.12. The van der Waals surface area contributed by atoms with Gasteiger partial charge in [-0.2, -0.15) is 0 Å². The number of benzene rings is 2. The van der Waals surface area contributed by atoms with E-state index in [-0.39, 0.29) is 0 Å². The van der Waals surface area contributed by atoms with Gasteiger partial charge in [0.15, 0.2) is 0 Å². The van der Waals surface area contributed by atoms with E-state index in [1.165, 1.54) is 16.9 Å². The maximum Gasteiger partial charge on any atom is 0.0642 e. The van der Waals surface area contributed by atoms with E-state index >= 15 is 0 Å². The van der Waals surface area contributed by atoms with Gasteiger partial charge in [-0.15, -0.1) is 0 Å². The van der Waals surface area contributed by atoms with E-state index in [1.807, 2.05) is 6.07 Å². The van der Waals surface area contributed by atoms with Crippen molar-refractivity contribution in [3.63, 3.8) is 0 Å². The lowest BCUT2D eigenvalue weighted by Gasteiger charge is -2.30. The third-order valence-electron chi connectivity index (χ3n) is 3.85. The first-order chi connectivity index (χ1) is 10.3. The van der Waals surface area contributed by atoms with Crippen molar-refractivity contribution in [1.82, 2.24) is 0 Å². The molecule has 0 amide bonds. The Morgan fingerprint density at radius 1 is 1.10 bits per heavy atom. The zero-order chi connectivity index (χ0) is 14.7. The highest BCUT2D eigenvalue weighted by molar-refractivity contribution is 5.80. The number of hydrogen-bond acceptors (Lipinski definition) is 3. The molecule has 0 atom stereocenters. The molecule has 1 fully saturated rings. The van der Waals surface area contributed by atoms with Gasteiger partial charge >= 0.3 is 0 Å². The average Bonchev–Trinajstić information content (AvgIpc) is 2.56. The third-order valence-corrected chi connectivity index (χ3v) is 3.85. The zero-order valence-corrected chi connectivity index (χ0v) is 12.7. The highest BCUT2D eigenvalue weighted by Gasteiger charge is 2.15. The van der Waals surface area contributed by atoms with Crippen LogP contribution in [0.3, 0.4) is 0 Å². The van der Waals surface area contributed by atoms with Crippen LogP contribution in [0.2, 0.25) is 0 Å². The molecule has 3 heteroatoms. The Hall–Kier alpha value is -2.00. The predicted octanol–water partition coefficient (Wildman–Crippen LogP) is 3.06. The van der Waals surface area contributed by atoms with Crippen LogP contribution in [0.1, 0.15) is 0 Å². The molecule has 0 spiro atoms. The number of morpholine rings is 1. The minimum absolute atomic E-state index is 0.801. The molecule has 0 aromatic heterocycles. The molecule has 21 heavy (non-hydrogen) atoms. The van der Waals surface area contributed by atoms with Gasteiger partial charge in [-0.3, -0.25) is 0 Å². The molecule has 0 bridgehead atoms. The van der Waals surface area contributed by atoms with Crippen LogP contribution in [0.5, 0.6) is 0 Å². The first-order valence-electron chi connectivity index (χ1n) is 7.37. The normalized spacial score (nSPS) is 15.0. The van der Waals surface area contributed by atoms with E-state index in [2.05, 4.69) is 66.4 Å². The summed E-state index contributed by atoms with van der Waals surface area (Å²) in [4.78, 5) is 4.52. The van der Waals surface area contributed by atoms with Gasteiger partial charge in [0.05, 0.1) is 13.2 Å². The summed E-state index contributed by atoms with van der Waals surface area (Å²) < 4.78 is 5.46. The van der Waals surface area contributed by atoms with E-state index in [0.717, 1.165) is 31.9 Å². The van der Waals surface area contributed by atoms with Crippen LogP contribution in [0.15, 0.2) is 42.5 Å². The smallest absolute Gasteiger partial charge is 0.0642 e. The summed E-state index contributed by atoms with van der Waals surface area (Å²) in [6, 6.07) is 18.2. The largest absolute Gasteiger partial charge is 0.378 e. The monoisotopic (exact) mass is 281 g/mol. The second-order valence-corrected chi connectivity index (χ2v) is 5.47. The van der Waals surface area contributed by atoms with E-state index < -0.39 is 0 Å². The van der Waals surface area contributed by atoms with Gasteiger partial charge in [-0.25, -0.2) is 0 Å². The molecule has 2 aromatic rings. The molecule has 3 rings (SSSR count). The van der Waals surface area contributed by atoms with Crippen LogP contribution in [0, 0.1) is 6.07 Å². The third kappa shape index (κ3) is 3.03. The molecule has 1 saturated heterocycles. The fourth-order valence-electron chi connectivity index (χ4n) is 2.67. The number of ether oxygens (including phenoxy) is 1. The number of anilines is 2. The first-order valence-corrected chi connectivity index (χ1v) is 7.37. The van der Waals surface area contributed by atoms with Crippen molar-refractivity contribution in [1.29, 1.82) is 0 Å². The maximum absolute atomic E-state index is 5.46. The highest BCUT2D eigenvalue weighted by atomic mass is 16.5. The Labute approximate surface area is 126 Å². The molecule has 0 saturated carbocycles. The lowest BCUT2D eigenvalue weighted by atomic mass is 10.0. The molecule has 1 aliphatic heterocycles. The van der Waals surface area contributed by atoms with E-state index in [4.69, 9.17) is 4.74 Å². The van der Waals surface area contributed by atoms with Crippen molar-refractivity contribution in [2.75, 3.05) is 50.2 Å². The Bertz CT molecular complexity index is 604. The Morgan fingerprint density at radius 3 is 2.62 bits per heavy atom. The molecule has 0 N–H and O–H groups in total. The lowest BCUT2D eigenvalue weighted by Crippen LogP contribution is -2.36. The van der Waals surface area contributed by atoms with Crippen molar-refractivity contribution in [2.24, 2.45) is 0 Å². The molecular formula is C18H21N2O. The second-order valence-electron chi connectivity index (χ2n) is 5.47. The molecule has 1 aliphatic rings. The van der Waals surface area contributed by atoms with Crippen LogP contribution in [-0.2, 0) is 4.74 Å². The average molecular weight is 281 g/mol. The second kappa shape index (κ2) is 6.19. The van der Waals surface area contributed by atoms with Gasteiger partial charge in [-0.1, -0.05) is 24.3 Å². The summed E-state index contributed by atoms with van der Waals surface area (Å²) in [5.74, 6) is 0. The first kappa shape index (κ1) is 14.0. The molecule has 1 heterocycles. The Morgan fingerprint density at radius 2 is 1.86 bits per heavy atom. The van der Waals surface area contributed by atoms with Gasteiger partial charge < -0.3 is 14.5 Å². The summed E-state index contributed by atoms with van der Waals surface area (Å²) in [5.41, 5.74) is 4.85. The highest BCUT2D eigenvalue weighted by Crippen LogP contribution is 2.32. The quantitative estimate of drug-likeness (QED) is 0.860. The van der Waals surface area contributed by atoms with Crippen molar-refractivity contribution in [3.05, 3.63) is 48.5 Å². The van der Waals surface area contributed by atoms with Gasteiger partial charge in [0.25, 0.3) is 0 Å². The van der Waals surface area contributed by atoms with Crippen LogP contribution < -0.4 is 9.80 Å². The van der Waals surface area contributed by atoms with E-state index in [0.29, 0.717) is 0 Å². The van der Waals surface area contributed by atoms with Crippen LogP contribution >= 0.6 is 0 Å². The van der Waals surface area contributed by atoms with Crippen molar-refractivity contribution >= 4 is 11.4 Å². The summed E-state index contributed by atoms with van der Waals surface area (Å²) >= 11 is 0. The zero-order valence-electron chi connectivity index (χ0n) is 12.7. The molecule has 0 unspecified atom stereocenters. The number of hydrogen-bond donors (Lipinski definition) is 0. The Kier molecular flexibility index (Phi) is 4.11. The van der Waals surface area contributed by atoms with E-state index in [9.17, 15) is 0 Å². The number of rotatable bonds is 3. The van der Waals surface area contributed by atoms with Crippen molar-refractivity contribution < 1.29 is 4.74 Å². The minimum atomic E-state index is 0.801. The van der Waals surface area contributed by atoms with Gasteiger partial charge in [-0.05, 0) is 29.8 Å². The SMILES string of the molecule is CN(C)c1cc[c]c(-c2ccccc2N2CCOCC2)c1. The summed E-state index contributed by atoms with van der Waals surface area (Å²) in [6.45, 7) is 3.50. The minimum Gasteiger partial charge on any atom is -0.378 e. The molecule has 3 nitrogen and oxygen atoms in total. The van der Waals surface area contributed by atoms with Crippen LogP contribution in [0.4, 0.5) is 11.4 Å². The number of para-hydroxylation sites is 1. The lowest BCUT2D eigenvalue weighted by molar-refractivity contribution is 0.123. The Balaban J connectivity index is 2.00. The predicted molar refractivity (Wildman–Crippen MR) is 88.1 cm³/mol. The van der Waals surface area contributed by atoms with Gasteiger partial charge in [0, 0.05) is 44.1 Å². The fourth-order valence-corrected chi connectivity index (χ4v) is 2.67. The standard InChI is InChI=1S/C18H21N2O/c1-19(2)16-7-5-6-15(14-16)17-8-3-4-9-18(17)20-10-12-21-13-11-20/h3-5,7-9,14H,10-13H2,1-2H3. The van der Waals surface area contributed by atoms with Crippen molar-refractivity contribution in [2.45, 2.75) is 0 Å². The number of nitrogens with zero attached hydrogens (tertiary/aromatic N) is 2. The van der Waals surface area contributed by atoms with Crippen LogP contribution in [-0.4, -0.2) is 40.4 Å². The van der Waals surface area contributed by atoms with Crippen molar-refractivity contribution in [3.8, 4) is 11.1 Å². The van der Waals surface area contributed by atoms with Gasteiger partial charge in [0.1, 0.15) is 0 Å². The molecular weight excluding hydrogens is 260 g/mol. The summed E-state index contributed by atoms with van der Waals surface area (Å²) in [5, 5.41) is 0. The molecule has 0 aliphatic carbocycles. The van der Waals surface area contributed by atoms with Gasteiger partial charge in [0.2, 0.25) is 0 Å². The summed E-state index contributed by atoms with van der Waals surface area (Å²) in [6.07, 6.45) is 0. The molecule has 1 radical (unpaired) electrons. The maximum atomic E-state index is 5.46. The topological polar surface area (TPSA) is 15.7 Å². The molecule has 109 valence electrons.